The SMILES string of the molecule is CCCN(CC(=O)NC)CC(=O)c1ccc(OC)c(Cl)c1. The van der Waals surface area contributed by atoms with Crippen LogP contribution < -0.4 is 10.1 Å². The van der Waals surface area contributed by atoms with Gasteiger partial charge >= 0.3 is 0 Å². The molecule has 5 nitrogen and oxygen atoms in total. The Bertz CT molecular complexity index is 506. The van der Waals surface area contributed by atoms with Gasteiger partial charge < -0.3 is 10.1 Å². The maximum Gasteiger partial charge on any atom is 0.233 e. The van der Waals surface area contributed by atoms with Gasteiger partial charge in [-0.1, -0.05) is 18.5 Å². The molecule has 0 aromatic heterocycles. The third-order valence-electron chi connectivity index (χ3n) is 3.03. The second kappa shape index (κ2) is 8.64. The molecule has 0 aliphatic carbocycles. The minimum atomic E-state index is -0.107. The lowest BCUT2D eigenvalue weighted by molar-refractivity contribution is -0.121. The largest absolute Gasteiger partial charge is 0.495 e. The van der Waals surface area contributed by atoms with Crippen molar-refractivity contribution in [3.63, 3.8) is 0 Å². The van der Waals surface area contributed by atoms with E-state index in [2.05, 4.69) is 5.32 Å². The van der Waals surface area contributed by atoms with Crippen LogP contribution in [0.5, 0.6) is 5.75 Å². The number of ketones is 1. The number of likely N-dealkylation sites (N-methyl/N-ethyl adjacent to an activating group) is 1. The van der Waals surface area contributed by atoms with Crippen LogP contribution >= 0.6 is 11.6 Å². The minimum Gasteiger partial charge on any atom is -0.495 e. The molecule has 0 bridgehead atoms. The summed E-state index contributed by atoms with van der Waals surface area (Å²) in [5.41, 5.74) is 0.513. The summed E-state index contributed by atoms with van der Waals surface area (Å²) < 4.78 is 5.06. The molecule has 0 aliphatic rings. The minimum absolute atomic E-state index is 0.0723. The van der Waals surface area contributed by atoms with E-state index in [4.69, 9.17) is 16.3 Å². The van der Waals surface area contributed by atoms with E-state index in [1.165, 1.54) is 7.11 Å². The van der Waals surface area contributed by atoms with E-state index < -0.39 is 0 Å². The number of methoxy groups -OCH3 is 1. The Hall–Kier alpha value is -1.59. The monoisotopic (exact) mass is 312 g/mol. The van der Waals surface area contributed by atoms with Crippen molar-refractivity contribution >= 4 is 23.3 Å². The summed E-state index contributed by atoms with van der Waals surface area (Å²) in [7, 11) is 3.10. The van der Waals surface area contributed by atoms with E-state index in [0.717, 1.165) is 6.42 Å². The third-order valence-corrected chi connectivity index (χ3v) is 3.32. The van der Waals surface area contributed by atoms with Gasteiger partial charge in [0.1, 0.15) is 5.75 Å². The molecule has 0 heterocycles. The van der Waals surface area contributed by atoms with Gasteiger partial charge in [-0.3, -0.25) is 14.5 Å². The van der Waals surface area contributed by atoms with Gasteiger partial charge in [-0.15, -0.1) is 0 Å². The number of nitrogens with zero attached hydrogens (tertiary/aromatic N) is 1. The first-order valence-electron chi connectivity index (χ1n) is 6.81. The van der Waals surface area contributed by atoms with Crippen molar-refractivity contribution in [1.82, 2.24) is 10.2 Å². The normalized spacial score (nSPS) is 10.5. The Labute approximate surface area is 130 Å². The molecule has 0 unspecified atom stereocenters. The summed E-state index contributed by atoms with van der Waals surface area (Å²) in [6.45, 7) is 3.08. The zero-order valence-electron chi connectivity index (χ0n) is 12.6. The predicted molar refractivity (Wildman–Crippen MR) is 83.1 cm³/mol. The van der Waals surface area contributed by atoms with Crippen molar-refractivity contribution in [2.24, 2.45) is 0 Å². The lowest BCUT2D eigenvalue weighted by Gasteiger charge is -2.19. The molecule has 116 valence electrons. The van der Waals surface area contributed by atoms with E-state index in [1.807, 2.05) is 11.8 Å². The third kappa shape index (κ3) is 5.36. The topological polar surface area (TPSA) is 58.6 Å². The number of amides is 1. The van der Waals surface area contributed by atoms with Crippen LogP contribution in [0.2, 0.25) is 5.02 Å². The molecule has 1 aromatic rings. The van der Waals surface area contributed by atoms with Crippen molar-refractivity contribution in [3.8, 4) is 5.75 Å². The summed E-state index contributed by atoms with van der Waals surface area (Å²) in [6.07, 6.45) is 0.869. The summed E-state index contributed by atoms with van der Waals surface area (Å²) in [6, 6.07) is 4.93. The molecule has 1 rings (SSSR count). The Morgan fingerprint density at radius 2 is 2.05 bits per heavy atom. The molecule has 0 spiro atoms. The molecule has 0 radical (unpaired) electrons. The number of ether oxygens (including phenoxy) is 1. The lowest BCUT2D eigenvalue weighted by atomic mass is 10.1. The number of rotatable bonds is 8. The number of benzene rings is 1. The number of nitrogens with one attached hydrogen (secondary N) is 1. The van der Waals surface area contributed by atoms with Gasteiger partial charge in [-0.05, 0) is 31.2 Å². The Morgan fingerprint density at radius 1 is 1.33 bits per heavy atom. The smallest absolute Gasteiger partial charge is 0.233 e. The highest BCUT2D eigenvalue weighted by atomic mass is 35.5. The van der Waals surface area contributed by atoms with Crippen molar-refractivity contribution in [3.05, 3.63) is 28.8 Å². The molecule has 0 aliphatic heterocycles. The lowest BCUT2D eigenvalue weighted by Crippen LogP contribution is -2.39. The van der Waals surface area contributed by atoms with E-state index in [-0.39, 0.29) is 24.8 Å². The molecule has 21 heavy (non-hydrogen) atoms. The van der Waals surface area contributed by atoms with Crippen LogP contribution in [-0.2, 0) is 4.79 Å². The van der Waals surface area contributed by atoms with Gasteiger partial charge in [0.2, 0.25) is 5.91 Å². The fourth-order valence-electron chi connectivity index (χ4n) is 1.95. The molecule has 0 saturated carbocycles. The van der Waals surface area contributed by atoms with Gasteiger partial charge in [0.15, 0.2) is 5.78 Å². The van der Waals surface area contributed by atoms with Crippen LogP contribution in [-0.4, -0.2) is 50.4 Å². The fraction of sp³-hybridized carbons (Fsp3) is 0.467. The summed E-state index contributed by atoms with van der Waals surface area (Å²) in [5.74, 6) is 0.352. The molecule has 1 aromatic carbocycles. The van der Waals surface area contributed by atoms with Crippen molar-refractivity contribution < 1.29 is 14.3 Å². The van der Waals surface area contributed by atoms with Crippen LogP contribution in [0.25, 0.3) is 0 Å². The average Bonchev–Trinajstić information content (AvgIpc) is 2.47. The molecule has 6 heteroatoms. The van der Waals surface area contributed by atoms with Crippen molar-refractivity contribution in [2.45, 2.75) is 13.3 Å². The number of halogens is 1. The standard InChI is InChI=1S/C15H21ClN2O3/c1-4-7-18(10-15(20)17-2)9-13(19)11-5-6-14(21-3)12(16)8-11/h5-6,8H,4,7,9-10H2,1-3H3,(H,17,20). The number of carbonyl (C=O) groups is 2. The van der Waals surface area contributed by atoms with Crippen LogP contribution in [0.15, 0.2) is 18.2 Å². The average molecular weight is 313 g/mol. The van der Waals surface area contributed by atoms with E-state index in [0.29, 0.717) is 22.9 Å². The number of Topliss-reactive ketones (excluding diaryl/α,β-unsaturated/α-hetero) is 1. The summed E-state index contributed by atoms with van der Waals surface area (Å²) in [4.78, 5) is 25.5. The Kier molecular flexibility index (Phi) is 7.19. The number of hydrogen-bond acceptors (Lipinski definition) is 4. The van der Waals surface area contributed by atoms with Crippen molar-refractivity contribution in [1.29, 1.82) is 0 Å². The van der Waals surface area contributed by atoms with Crippen LogP contribution in [0.1, 0.15) is 23.7 Å². The number of hydrogen-bond donors (Lipinski definition) is 1. The van der Waals surface area contributed by atoms with E-state index in [1.54, 1.807) is 25.2 Å². The summed E-state index contributed by atoms with van der Waals surface area (Å²) >= 11 is 6.02. The zero-order chi connectivity index (χ0) is 15.8. The fourth-order valence-corrected chi connectivity index (χ4v) is 2.20. The highest BCUT2D eigenvalue weighted by molar-refractivity contribution is 6.32. The van der Waals surface area contributed by atoms with Gasteiger partial charge in [-0.25, -0.2) is 0 Å². The first-order valence-corrected chi connectivity index (χ1v) is 7.19. The second-order valence-electron chi connectivity index (χ2n) is 4.66. The molecule has 1 N–H and O–H groups in total. The highest BCUT2D eigenvalue weighted by Gasteiger charge is 2.15. The van der Waals surface area contributed by atoms with Gasteiger partial charge in [-0.2, -0.15) is 0 Å². The molecule has 0 atom stereocenters. The maximum absolute atomic E-state index is 12.3. The van der Waals surface area contributed by atoms with Gasteiger partial charge in [0.25, 0.3) is 0 Å². The van der Waals surface area contributed by atoms with E-state index >= 15 is 0 Å². The van der Waals surface area contributed by atoms with Crippen LogP contribution in [0.3, 0.4) is 0 Å². The van der Waals surface area contributed by atoms with Crippen molar-refractivity contribution in [2.75, 3.05) is 33.8 Å². The predicted octanol–water partition coefficient (Wildman–Crippen LogP) is 1.99. The highest BCUT2D eigenvalue weighted by Crippen LogP contribution is 2.25. The molecular weight excluding hydrogens is 292 g/mol. The molecule has 0 fully saturated rings. The van der Waals surface area contributed by atoms with Gasteiger partial charge in [0.05, 0.1) is 25.2 Å². The van der Waals surface area contributed by atoms with E-state index in [9.17, 15) is 9.59 Å². The second-order valence-corrected chi connectivity index (χ2v) is 5.06. The summed E-state index contributed by atoms with van der Waals surface area (Å²) in [5, 5.41) is 2.96. The quantitative estimate of drug-likeness (QED) is 0.746. The molecule has 0 saturated heterocycles. The zero-order valence-corrected chi connectivity index (χ0v) is 13.4. The Balaban J connectivity index is 2.76. The molecule has 1 amide bonds. The number of carbonyl (C=O) groups excluding carboxylic acids is 2. The van der Waals surface area contributed by atoms with Crippen LogP contribution in [0, 0.1) is 0 Å². The first-order chi connectivity index (χ1) is 10.0. The molecular formula is C15H21ClN2O3. The van der Waals surface area contributed by atoms with Crippen LogP contribution in [0.4, 0.5) is 0 Å². The van der Waals surface area contributed by atoms with Gasteiger partial charge in [0, 0.05) is 12.6 Å². The Morgan fingerprint density at radius 3 is 2.57 bits per heavy atom. The first kappa shape index (κ1) is 17.5. The maximum atomic E-state index is 12.3.